The number of halogens is 1. The topological polar surface area (TPSA) is 85.5 Å². The van der Waals surface area contributed by atoms with Gasteiger partial charge in [0.1, 0.15) is 18.0 Å². The van der Waals surface area contributed by atoms with Crippen LogP contribution in [0.2, 0.25) is 5.02 Å². The quantitative estimate of drug-likeness (QED) is 0.214. The number of oxime groups is 1. The number of benzene rings is 1. The van der Waals surface area contributed by atoms with E-state index in [1.807, 2.05) is 0 Å². The summed E-state index contributed by atoms with van der Waals surface area (Å²) in [6.45, 7) is 0. The van der Waals surface area contributed by atoms with Gasteiger partial charge >= 0.3 is 0 Å². The highest BCUT2D eigenvalue weighted by molar-refractivity contribution is 6.30. The maximum atomic E-state index is 11.4. The Kier molecular flexibility index (Phi) is 4.73. The van der Waals surface area contributed by atoms with Gasteiger partial charge in [0.05, 0.1) is 0 Å². The number of rotatable bonds is 3. The monoisotopic (exact) mass is 249 g/mol. The highest BCUT2D eigenvalue weighted by Gasteiger charge is 2.06. The maximum Gasteiger partial charge on any atom is 0.267 e. The molecule has 0 unspecified atom stereocenters. The van der Waals surface area contributed by atoms with Crippen LogP contribution >= 0.6 is 11.6 Å². The number of nitrogens with zero attached hydrogens (tertiary/aromatic N) is 2. The van der Waals surface area contributed by atoms with Crippen molar-refractivity contribution in [1.29, 1.82) is 5.26 Å². The molecule has 0 aliphatic carbocycles. The molecule has 0 spiro atoms. The third kappa shape index (κ3) is 3.97. The molecule has 86 valence electrons. The van der Waals surface area contributed by atoms with Crippen LogP contribution in [0.25, 0.3) is 6.08 Å². The molecule has 1 aromatic rings. The van der Waals surface area contributed by atoms with Crippen LogP contribution in [-0.2, 0) is 4.79 Å². The molecule has 0 saturated carbocycles. The molecule has 0 aliphatic rings. The van der Waals surface area contributed by atoms with Crippen LogP contribution in [-0.4, -0.2) is 17.5 Å². The molecule has 0 heterocycles. The Morgan fingerprint density at radius 3 is 2.65 bits per heavy atom. The van der Waals surface area contributed by atoms with Gasteiger partial charge in [0.15, 0.2) is 0 Å². The van der Waals surface area contributed by atoms with Crippen molar-refractivity contribution in [2.24, 2.45) is 5.16 Å². The van der Waals surface area contributed by atoms with E-state index in [1.165, 1.54) is 6.08 Å². The Labute approximate surface area is 103 Å². The molecule has 0 aliphatic heterocycles. The zero-order chi connectivity index (χ0) is 12.7. The molecule has 0 aromatic heterocycles. The fourth-order valence-corrected chi connectivity index (χ4v) is 1.17. The standard InChI is InChI=1S/C11H8ClN3O2/c12-10-3-1-8(2-4-10)5-9(6-13)11(16)14-7-15-17/h1-5,7,17H,(H,14,15,16)/b9-5+. The van der Waals surface area contributed by atoms with Crippen molar-refractivity contribution in [3.63, 3.8) is 0 Å². The average Bonchev–Trinajstić information content (AvgIpc) is 2.35. The Morgan fingerprint density at radius 2 is 2.12 bits per heavy atom. The molecule has 0 radical (unpaired) electrons. The number of hydrogen-bond donors (Lipinski definition) is 2. The Balaban J connectivity index is 2.91. The second-order valence-corrected chi connectivity index (χ2v) is 3.38. The lowest BCUT2D eigenvalue weighted by Gasteiger charge is -1.97. The fraction of sp³-hybridized carbons (Fsp3) is 0. The van der Waals surface area contributed by atoms with Gasteiger partial charge in [0.25, 0.3) is 5.91 Å². The molecule has 5 nitrogen and oxygen atoms in total. The van der Waals surface area contributed by atoms with Gasteiger partial charge < -0.3 is 10.5 Å². The average molecular weight is 250 g/mol. The van der Waals surface area contributed by atoms with Crippen molar-refractivity contribution in [3.8, 4) is 6.07 Å². The summed E-state index contributed by atoms with van der Waals surface area (Å²) in [5, 5.41) is 22.2. The number of nitrogens with one attached hydrogen (secondary N) is 1. The lowest BCUT2D eigenvalue weighted by molar-refractivity contribution is -0.115. The normalized spacial score (nSPS) is 11.2. The van der Waals surface area contributed by atoms with E-state index in [-0.39, 0.29) is 5.57 Å². The van der Waals surface area contributed by atoms with Crippen LogP contribution in [0.5, 0.6) is 0 Å². The summed E-state index contributed by atoms with van der Waals surface area (Å²) < 4.78 is 0. The highest BCUT2D eigenvalue weighted by atomic mass is 35.5. The van der Waals surface area contributed by atoms with Crippen molar-refractivity contribution in [2.75, 3.05) is 0 Å². The second-order valence-electron chi connectivity index (χ2n) is 2.94. The van der Waals surface area contributed by atoms with E-state index >= 15 is 0 Å². The predicted molar refractivity (Wildman–Crippen MR) is 63.5 cm³/mol. The van der Waals surface area contributed by atoms with Crippen molar-refractivity contribution in [3.05, 3.63) is 40.4 Å². The van der Waals surface area contributed by atoms with Gasteiger partial charge in [-0.2, -0.15) is 5.26 Å². The minimum Gasteiger partial charge on any atom is -0.410 e. The summed E-state index contributed by atoms with van der Waals surface area (Å²) in [6.07, 6.45) is 2.19. The van der Waals surface area contributed by atoms with Gasteiger partial charge in [-0.25, -0.2) is 0 Å². The third-order valence-corrected chi connectivity index (χ3v) is 2.05. The van der Waals surface area contributed by atoms with Crippen molar-refractivity contribution in [1.82, 2.24) is 5.32 Å². The van der Waals surface area contributed by atoms with Gasteiger partial charge in [-0.1, -0.05) is 28.9 Å². The second kappa shape index (κ2) is 6.30. The molecule has 0 saturated heterocycles. The molecule has 1 aromatic carbocycles. The van der Waals surface area contributed by atoms with Crippen LogP contribution < -0.4 is 5.32 Å². The fourth-order valence-electron chi connectivity index (χ4n) is 1.04. The molecule has 0 bridgehead atoms. The summed E-state index contributed by atoms with van der Waals surface area (Å²) in [5.41, 5.74) is 0.564. The van der Waals surface area contributed by atoms with E-state index in [2.05, 4.69) is 10.5 Å². The number of carbonyl (C=O) groups is 1. The molecule has 1 amide bonds. The van der Waals surface area contributed by atoms with Gasteiger partial charge in [-0.15, -0.1) is 0 Å². The SMILES string of the molecule is N#C/C(=C\c1ccc(Cl)cc1)C(=O)N/C=N/O. The molecule has 1 rings (SSSR count). The zero-order valence-electron chi connectivity index (χ0n) is 8.59. The van der Waals surface area contributed by atoms with Crippen molar-refractivity contribution >= 4 is 29.9 Å². The number of carbonyl (C=O) groups excluding carboxylic acids is 1. The molecule has 0 atom stereocenters. The Morgan fingerprint density at radius 1 is 1.47 bits per heavy atom. The maximum absolute atomic E-state index is 11.4. The van der Waals surface area contributed by atoms with Crippen molar-refractivity contribution < 1.29 is 10.0 Å². The van der Waals surface area contributed by atoms with Crippen LogP contribution in [0, 0.1) is 11.3 Å². The van der Waals surface area contributed by atoms with E-state index in [4.69, 9.17) is 22.1 Å². The molecule has 17 heavy (non-hydrogen) atoms. The van der Waals surface area contributed by atoms with Gasteiger partial charge in [-0.3, -0.25) is 4.79 Å². The van der Waals surface area contributed by atoms with Gasteiger partial charge in [0.2, 0.25) is 0 Å². The van der Waals surface area contributed by atoms with E-state index in [0.717, 1.165) is 6.34 Å². The largest absolute Gasteiger partial charge is 0.410 e. The highest BCUT2D eigenvalue weighted by Crippen LogP contribution is 2.12. The molecular weight excluding hydrogens is 242 g/mol. The summed E-state index contributed by atoms with van der Waals surface area (Å²) in [6, 6.07) is 8.39. The summed E-state index contributed by atoms with van der Waals surface area (Å²) in [7, 11) is 0. The minimum absolute atomic E-state index is 0.104. The first kappa shape index (κ1) is 12.7. The number of hydrogen-bond acceptors (Lipinski definition) is 4. The number of amides is 1. The number of nitriles is 1. The predicted octanol–water partition coefficient (Wildman–Crippen LogP) is 1.78. The van der Waals surface area contributed by atoms with Crippen LogP contribution in [0.1, 0.15) is 5.56 Å². The first-order valence-corrected chi connectivity index (χ1v) is 4.89. The van der Waals surface area contributed by atoms with Crippen molar-refractivity contribution in [2.45, 2.75) is 0 Å². The summed E-state index contributed by atoms with van der Waals surface area (Å²) >= 11 is 5.70. The van der Waals surface area contributed by atoms with E-state index < -0.39 is 5.91 Å². The Hall–Kier alpha value is -2.32. The van der Waals surface area contributed by atoms with Crippen LogP contribution in [0.3, 0.4) is 0 Å². The lowest BCUT2D eigenvalue weighted by Crippen LogP contribution is -2.22. The molecular formula is C11H8ClN3O2. The van der Waals surface area contributed by atoms with E-state index in [9.17, 15) is 4.79 Å². The third-order valence-electron chi connectivity index (χ3n) is 1.80. The molecule has 2 N–H and O–H groups in total. The Bertz CT molecular complexity index is 500. The van der Waals surface area contributed by atoms with Crippen LogP contribution in [0.4, 0.5) is 0 Å². The molecule has 0 fully saturated rings. The summed E-state index contributed by atoms with van der Waals surface area (Å²) in [5.74, 6) is -0.653. The van der Waals surface area contributed by atoms with E-state index in [0.29, 0.717) is 10.6 Å². The molecule has 6 heteroatoms. The smallest absolute Gasteiger partial charge is 0.267 e. The van der Waals surface area contributed by atoms with E-state index in [1.54, 1.807) is 30.3 Å². The van der Waals surface area contributed by atoms with Gasteiger partial charge in [-0.05, 0) is 23.8 Å². The summed E-state index contributed by atoms with van der Waals surface area (Å²) in [4.78, 5) is 11.4. The first-order valence-electron chi connectivity index (χ1n) is 4.51. The lowest BCUT2D eigenvalue weighted by atomic mass is 10.1. The zero-order valence-corrected chi connectivity index (χ0v) is 9.35. The minimum atomic E-state index is -0.653. The van der Waals surface area contributed by atoms with Crippen LogP contribution in [0.15, 0.2) is 35.0 Å². The van der Waals surface area contributed by atoms with Gasteiger partial charge in [0, 0.05) is 5.02 Å². The first-order chi connectivity index (χ1) is 8.17.